The Bertz CT molecular complexity index is 1010. The highest BCUT2D eigenvalue weighted by Gasteiger charge is 2.20. The molecule has 3 N–H and O–H groups in total. The van der Waals surface area contributed by atoms with Crippen LogP contribution in [0.25, 0.3) is 0 Å². The van der Waals surface area contributed by atoms with Crippen molar-refractivity contribution in [2.24, 2.45) is 0 Å². The summed E-state index contributed by atoms with van der Waals surface area (Å²) in [5.41, 5.74) is 0. The van der Waals surface area contributed by atoms with Crippen LogP contribution in [0.1, 0.15) is 316 Å². The van der Waals surface area contributed by atoms with Crippen LogP contribution in [-0.4, -0.2) is 47.4 Å². The Balaban J connectivity index is 3.38. The number of aliphatic hydroxyl groups is 2. The Labute approximate surface area is 405 Å². The van der Waals surface area contributed by atoms with E-state index in [9.17, 15) is 19.8 Å². The molecule has 0 radical (unpaired) electrons. The first-order chi connectivity index (χ1) is 32.0. The number of carbonyl (C=O) groups excluding carboxylic acids is 2. The number of aliphatic hydroxyl groups excluding tert-OH is 2. The lowest BCUT2D eigenvalue weighted by molar-refractivity contribution is -0.143. The van der Waals surface area contributed by atoms with E-state index in [1.807, 2.05) is 0 Å². The highest BCUT2D eigenvalue weighted by Crippen LogP contribution is 2.16. The highest BCUT2D eigenvalue weighted by molar-refractivity contribution is 5.76. The number of allylic oxidation sites excluding steroid dienone is 4. The fraction of sp³-hybridized carbons (Fsp3) is 0.898. The summed E-state index contributed by atoms with van der Waals surface area (Å²) >= 11 is 0. The van der Waals surface area contributed by atoms with E-state index in [0.29, 0.717) is 25.9 Å². The maximum absolute atomic E-state index is 12.4. The predicted octanol–water partition coefficient (Wildman–Crippen LogP) is 17.9. The molecule has 0 aromatic heterocycles. The summed E-state index contributed by atoms with van der Waals surface area (Å²) in [6, 6.07) is -0.544. The molecule has 384 valence electrons. The lowest BCUT2D eigenvalue weighted by Crippen LogP contribution is -2.45. The van der Waals surface area contributed by atoms with Gasteiger partial charge in [-0.3, -0.25) is 9.59 Å². The molecule has 65 heavy (non-hydrogen) atoms. The SMILES string of the molecule is CCCCCCCC/C=C\CCCCCCCCCC(=O)OCCCCCCCCCCCCC/C=C\CCCCCCCCCC(=O)NC(CO)C(O)CCCCCCCCCCC. The molecule has 0 rings (SSSR count). The van der Waals surface area contributed by atoms with Crippen LogP contribution in [0.5, 0.6) is 0 Å². The molecule has 0 aliphatic heterocycles. The standard InChI is InChI=1S/C59H113NO5/c1-3-5-7-9-11-13-14-15-16-23-27-30-33-37-41-45-49-53-59(64)65-54-50-46-42-38-34-31-28-25-22-20-18-17-19-21-24-26-29-32-36-40-44-48-52-58(63)60-56(55-61)57(62)51-47-43-39-35-12-10-8-6-4-2/h15-16,19,21,56-57,61-62H,3-14,17-18,20,22-55H2,1-2H3,(H,60,63)/b16-15-,21-19-. The summed E-state index contributed by atoms with van der Waals surface area (Å²) in [6.07, 6.45) is 66.1. The van der Waals surface area contributed by atoms with Crippen LogP contribution in [0.4, 0.5) is 0 Å². The van der Waals surface area contributed by atoms with Crippen LogP contribution < -0.4 is 5.32 Å². The minimum absolute atomic E-state index is 0.00658. The average Bonchev–Trinajstić information content (AvgIpc) is 3.31. The van der Waals surface area contributed by atoms with Crippen molar-refractivity contribution in [2.45, 2.75) is 328 Å². The second-order valence-electron chi connectivity index (χ2n) is 20.0. The number of hydrogen-bond donors (Lipinski definition) is 3. The first-order valence-corrected chi connectivity index (χ1v) is 29.1. The Morgan fingerprint density at radius 1 is 0.415 bits per heavy atom. The van der Waals surface area contributed by atoms with Crippen molar-refractivity contribution in [1.29, 1.82) is 0 Å². The Hall–Kier alpha value is -1.66. The van der Waals surface area contributed by atoms with Gasteiger partial charge in [0.1, 0.15) is 0 Å². The molecule has 0 aromatic carbocycles. The maximum atomic E-state index is 12.4. The van der Waals surface area contributed by atoms with E-state index in [0.717, 1.165) is 44.9 Å². The van der Waals surface area contributed by atoms with Gasteiger partial charge in [0.25, 0.3) is 0 Å². The molecule has 0 saturated carbocycles. The van der Waals surface area contributed by atoms with Gasteiger partial charge in [0.2, 0.25) is 5.91 Å². The van der Waals surface area contributed by atoms with Crippen LogP contribution in [0.15, 0.2) is 24.3 Å². The van der Waals surface area contributed by atoms with Crippen LogP contribution in [0, 0.1) is 0 Å². The molecular formula is C59H113NO5. The van der Waals surface area contributed by atoms with Gasteiger partial charge in [-0.05, 0) is 77.0 Å². The van der Waals surface area contributed by atoms with Crippen molar-refractivity contribution >= 4 is 11.9 Å². The average molecular weight is 917 g/mol. The molecule has 2 unspecified atom stereocenters. The molecule has 0 aliphatic rings. The number of unbranched alkanes of at least 4 members (excludes halogenated alkanes) is 39. The van der Waals surface area contributed by atoms with Gasteiger partial charge >= 0.3 is 5.97 Å². The summed E-state index contributed by atoms with van der Waals surface area (Å²) in [5, 5.41) is 23.1. The van der Waals surface area contributed by atoms with E-state index >= 15 is 0 Å². The topological polar surface area (TPSA) is 95.9 Å². The smallest absolute Gasteiger partial charge is 0.305 e. The third-order valence-corrected chi connectivity index (χ3v) is 13.5. The molecule has 6 heteroatoms. The predicted molar refractivity (Wildman–Crippen MR) is 283 cm³/mol. The van der Waals surface area contributed by atoms with E-state index in [1.54, 1.807) is 0 Å². The van der Waals surface area contributed by atoms with Crippen molar-refractivity contribution < 1.29 is 24.5 Å². The molecule has 6 nitrogen and oxygen atoms in total. The number of amides is 1. The van der Waals surface area contributed by atoms with Crippen molar-refractivity contribution in [3.63, 3.8) is 0 Å². The van der Waals surface area contributed by atoms with Gasteiger partial charge in [0, 0.05) is 12.8 Å². The van der Waals surface area contributed by atoms with Crippen molar-refractivity contribution in [3.8, 4) is 0 Å². The van der Waals surface area contributed by atoms with Crippen molar-refractivity contribution in [3.05, 3.63) is 24.3 Å². The minimum Gasteiger partial charge on any atom is -0.466 e. The van der Waals surface area contributed by atoms with E-state index in [-0.39, 0.29) is 18.5 Å². The number of nitrogens with one attached hydrogen (secondary N) is 1. The van der Waals surface area contributed by atoms with Gasteiger partial charge in [-0.15, -0.1) is 0 Å². The van der Waals surface area contributed by atoms with Crippen LogP contribution >= 0.6 is 0 Å². The molecule has 2 atom stereocenters. The monoisotopic (exact) mass is 916 g/mol. The van der Waals surface area contributed by atoms with Crippen LogP contribution in [0.3, 0.4) is 0 Å². The van der Waals surface area contributed by atoms with Crippen molar-refractivity contribution in [1.82, 2.24) is 5.32 Å². The summed E-state index contributed by atoms with van der Waals surface area (Å²) in [5.74, 6) is -0.0375. The number of esters is 1. The normalized spacial score (nSPS) is 12.7. The van der Waals surface area contributed by atoms with Crippen molar-refractivity contribution in [2.75, 3.05) is 13.2 Å². The summed E-state index contributed by atoms with van der Waals surface area (Å²) < 4.78 is 5.49. The largest absolute Gasteiger partial charge is 0.466 e. The lowest BCUT2D eigenvalue weighted by atomic mass is 10.0. The summed E-state index contributed by atoms with van der Waals surface area (Å²) in [4.78, 5) is 24.5. The number of carbonyl (C=O) groups is 2. The molecular weight excluding hydrogens is 803 g/mol. The first kappa shape index (κ1) is 63.3. The van der Waals surface area contributed by atoms with E-state index < -0.39 is 12.1 Å². The Morgan fingerprint density at radius 2 is 0.723 bits per heavy atom. The molecule has 0 aliphatic carbocycles. The van der Waals surface area contributed by atoms with E-state index in [2.05, 4.69) is 43.5 Å². The van der Waals surface area contributed by atoms with Gasteiger partial charge in [-0.1, -0.05) is 250 Å². The molecule has 0 bridgehead atoms. The van der Waals surface area contributed by atoms with E-state index in [4.69, 9.17) is 4.74 Å². The highest BCUT2D eigenvalue weighted by atomic mass is 16.5. The van der Waals surface area contributed by atoms with Gasteiger partial charge in [-0.2, -0.15) is 0 Å². The van der Waals surface area contributed by atoms with Gasteiger partial charge in [-0.25, -0.2) is 0 Å². The molecule has 0 saturated heterocycles. The van der Waals surface area contributed by atoms with E-state index in [1.165, 1.54) is 238 Å². The fourth-order valence-corrected chi connectivity index (χ4v) is 8.98. The number of ether oxygens (including phenoxy) is 1. The zero-order valence-corrected chi connectivity index (χ0v) is 43.7. The second-order valence-corrected chi connectivity index (χ2v) is 20.0. The van der Waals surface area contributed by atoms with Gasteiger partial charge in [0.15, 0.2) is 0 Å². The van der Waals surface area contributed by atoms with Gasteiger partial charge < -0.3 is 20.3 Å². The minimum atomic E-state index is -0.666. The summed E-state index contributed by atoms with van der Waals surface area (Å²) in [6.45, 7) is 4.93. The quantitative estimate of drug-likeness (QED) is 0.0321. The Morgan fingerprint density at radius 3 is 1.09 bits per heavy atom. The maximum Gasteiger partial charge on any atom is 0.305 e. The fourth-order valence-electron chi connectivity index (χ4n) is 8.98. The van der Waals surface area contributed by atoms with Crippen LogP contribution in [0.2, 0.25) is 0 Å². The van der Waals surface area contributed by atoms with Gasteiger partial charge in [0.05, 0.1) is 25.4 Å². The number of rotatable bonds is 54. The molecule has 0 heterocycles. The third-order valence-electron chi connectivity index (χ3n) is 13.5. The molecule has 0 fully saturated rings. The molecule has 1 amide bonds. The molecule has 0 spiro atoms. The lowest BCUT2D eigenvalue weighted by Gasteiger charge is -2.22. The molecule has 0 aromatic rings. The summed E-state index contributed by atoms with van der Waals surface area (Å²) in [7, 11) is 0. The first-order valence-electron chi connectivity index (χ1n) is 29.1. The number of hydrogen-bond acceptors (Lipinski definition) is 5. The zero-order chi connectivity index (χ0) is 47.2. The van der Waals surface area contributed by atoms with Crippen LogP contribution in [-0.2, 0) is 14.3 Å². The third kappa shape index (κ3) is 51.6. The second kappa shape index (κ2) is 54.9. The zero-order valence-electron chi connectivity index (χ0n) is 43.7. The Kier molecular flexibility index (Phi) is 53.5.